The van der Waals surface area contributed by atoms with Gasteiger partial charge in [0.05, 0.1) is 19.1 Å². The summed E-state index contributed by atoms with van der Waals surface area (Å²) in [5.74, 6) is -0.269. The molecule has 1 aromatic carbocycles. The van der Waals surface area contributed by atoms with E-state index in [2.05, 4.69) is 49.1 Å². The molecule has 0 bridgehead atoms. The molecule has 6 heteroatoms. The summed E-state index contributed by atoms with van der Waals surface area (Å²) in [6.45, 7) is 8.61. The van der Waals surface area contributed by atoms with Crippen LogP contribution in [0.1, 0.15) is 51.2 Å². The first-order valence-electron chi connectivity index (χ1n) is 9.89. The van der Waals surface area contributed by atoms with E-state index in [-0.39, 0.29) is 19.1 Å². The maximum Gasteiger partial charge on any atom is 0.305 e. The summed E-state index contributed by atoms with van der Waals surface area (Å²) >= 11 is 0. The third-order valence-electron chi connectivity index (χ3n) is 4.48. The maximum absolute atomic E-state index is 9.78. The first-order chi connectivity index (χ1) is 12.9. The van der Waals surface area contributed by atoms with E-state index >= 15 is 0 Å². The molecule has 0 saturated carbocycles. The van der Waals surface area contributed by atoms with Crippen LogP contribution in [0.15, 0.2) is 30.3 Å². The molecule has 2 rings (SSSR count). The largest absolute Gasteiger partial charge is 0.481 e. The molecule has 1 aromatic rings. The van der Waals surface area contributed by atoms with E-state index in [1.54, 1.807) is 0 Å². The Kier molecular flexibility index (Phi) is 11.9. The van der Waals surface area contributed by atoms with Gasteiger partial charge in [0.1, 0.15) is 0 Å². The highest BCUT2D eigenvalue weighted by Crippen LogP contribution is 2.21. The van der Waals surface area contributed by atoms with Gasteiger partial charge in [-0.25, -0.2) is 0 Å². The third-order valence-corrected chi connectivity index (χ3v) is 4.48. The van der Waals surface area contributed by atoms with Crippen LogP contribution in [0, 0.1) is 5.92 Å². The van der Waals surface area contributed by atoms with E-state index in [9.17, 15) is 4.79 Å². The van der Waals surface area contributed by atoms with Crippen LogP contribution < -0.4 is 5.73 Å². The number of aliphatic carboxylic acids is 1. The van der Waals surface area contributed by atoms with Gasteiger partial charge in [0.15, 0.2) is 0 Å². The molecule has 0 aromatic heterocycles. The molecule has 6 nitrogen and oxygen atoms in total. The second kappa shape index (κ2) is 13.7. The highest BCUT2D eigenvalue weighted by Gasteiger charge is 2.19. The number of hydrogen-bond donors (Lipinski definition) is 3. The van der Waals surface area contributed by atoms with E-state index in [0.717, 1.165) is 19.6 Å². The van der Waals surface area contributed by atoms with E-state index in [4.69, 9.17) is 20.7 Å². The van der Waals surface area contributed by atoms with Crippen LogP contribution in [0.2, 0.25) is 0 Å². The van der Waals surface area contributed by atoms with Gasteiger partial charge in [-0.2, -0.15) is 0 Å². The number of nitrogens with two attached hydrogens (primary N) is 1. The number of carbonyl (C=O) groups is 1. The van der Waals surface area contributed by atoms with Crippen LogP contribution >= 0.6 is 0 Å². The third kappa shape index (κ3) is 11.1. The van der Waals surface area contributed by atoms with Crippen LogP contribution in [0.25, 0.3) is 0 Å². The Morgan fingerprint density at radius 1 is 1.22 bits per heavy atom. The molecule has 1 aliphatic rings. The zero-order valence-electron chi connectivity index (χ0n) is 16.7. The van der Waals surface area contributed by atoms with Gasteiger partial charge in [0.25, 0.3) is 0 Å². The lowest BCUT2D eigenvalue weighted by Gasteiger charge is -2.24. The van der Waals surface area contributed by atoms with Crippen LogP contribution in [-0.4, -0.2) is 60.0 Å². The predicted molar refractivity (Wildman–Crippen MR) is 108 cm³/mol. The monoisotopic (exact) mass is 380 g/mol. The van der Waals surface area contributed by atoms with Crippen molar-refractivity contribution in [2.45, 2.75) is 51.7 Å². The second-order valence-electron chi connectivity index (χ2n) is 7.50. The lowest BCUT2D eigenvalue weighted by Crippen LogP contribution is -2.27. The second-order valence-corrected chi connectivity index (χ2v) is 7.50. The molecule has 0 spiro atoms. The number of hydrogen-bond acceptors (Lipinski definition) is 5. The molecule has 2 atom stereocenters. The smallest absolute Gasteiger partial charge is 0.305 e. The first-order valence-corrected chi connectivity index (χ1v) is 9.89. The summed E-state index contributed by atoms with van der Waals surface area (Å²) in [5, 5.41) is 16.2. The van der Waals surface area contributed by atoms with Gasteiger partial charge in [-0.05, 0) is 43.8 Å². The molecule has 1 heterocycles. The number of carboxylic acid groups (broad SMARTS) is 1. The quantitative estimate of drug-likeness (QED) is 0.577. The minimum atomic E-state index is -0.980. The molecule has 1 aliphatic heterocycles. The maximum atomic E-state index is 9.78. The Balaban J connectivity index is 0.000000387. The SMILES string of the molecule is CC(C)CCOC(CN1CCCC1)c1ccccc1.NC(CO)CC(=O)O. The van der Waals surface area contributed by atoms with Gasteiger partial charge in [-0.1, -0.05) is 44.2 Å². The van der Waals surface area contributed by atoms with Gasteiger partial charge < -0.3 is 25.6 Å². The van der Waals surface area contributed by atoms with Crippen LogP contribution in [0.3, 0.4) is 0 Å². The van der Waals surface area contributed by atoms with Gasteiger partial charge in [-0.3, -0.25) is 4.79 Å². The number of carboxylic acids is 1. The lowest BCUT2D eigenvalue weighted by molar-refractivity contribution is -0.137. The van der Waals surface area contributed by atoms with Crippen LogP contribution in [0.5, 0.6) is 0 Å². The number of aliphatic hydroxyl groups excluding tert-OH is 1. The fourth-order valence-corrected chi connectivity index (χ4v) is 2.86. The molecule has 154 valence electrons. The zero-order chi connectivity index (χ0) is 20.1. The molecule has 1 fully saturated rings. The molecular weight excluding hydrogens is 344 g/mol. The van der Waals surface area contributed by atoms with Crippen molar-refractivity contribution in [3.05, 3.63) is 35.9 Å². The minimum Gasteiger partial charge on any atom is -0.481 e. The molecular formula is C21H36N2O4. The number of nitrogens with zero attached hydrogens (tertiary/aromatic N) is 1. The highest BCUT2D eigenvalue weighted by molar-refractivity contribution is 5.67. The average molecular weight is 381 g/mol. The predicted octanol–water partition coefficient (Wildman–Crippen LogP) is 2.67. The fourth-order valence-electron chi connectivity index (χ4n) is 2.86. The molecule has 2 unspecified atom stereocenters. The Bertz CT molecular complexity index is 504. The number of benzene rings is 1. The fraction of sp³-hybridized carbons (Fsp3) is 0.667. The summed E-state index contributed by atoms with van der Waals surface area (Å²) in [4.78, 5) is 12.3. The van der Waals surface area contributed by atoms with Gasteiger partial charge in [0.2, 0.25) is 0 Å². The molecule has 0 radical (unpaired) electrons. The van der Waals surface area contributed by atoms with E-state index < -0.39 is 12.0 Å². The van der Waals surface area contributed by atoms with Crippen molar-refractivity contribution in [1.82, 2.24) is 4.90 Å². The van der Waals surface area contributed by atoms with Crippen molar-refractivity contribution < 1.29 is 19.7 Å². The van der Waals surface area contributed by atoms with Crippen LogP contribution in [-0.2, 0) is 9.53 Å². The summed E-state index contributed by atoms with van der Waals surface area (Å²) in [5.41, 5.74) is 6.36. The summed E-state index contributed by atoms with van der Waals surface area (Å²) in [6.07, 6.45) is 3.89. The van der Waals surface area contributed by atoms with Crippen molar-refractivity contribution in [2.24, 2.45) is 11.7 Å². The van der Waals surface area contributed by atoms with Crippen molar-refractivity contribution in [2.75, 3.05) is 32.8 Å². The summed E-state index contributed by atoms with van der Waals surface area (Å²) in [7, 11) is 0. The van der Waals surface area contributed by atoms with Gasteiger partial charge in [-0.15, -0.1) is 0 Å². The van der Waals surface area contributed by atoms with Crippen molar-refractivity contribution >= 4 is 5.97 Å². The molecule has 4 N–H and O–H groups in total. The van der Waals surface area contributed by atoms with Gasteiger partial charge in [0, 0.05) is 19.2 Å². The van der Waals surface area contributed by atoms with Crippen molar-refractivity contribution in [3.63, 3.8) is 0 Å². The van der Waals surface area contributed by atoms with E-state index in [1.165, 1.54) is 31.5 Å². The van der Waals surface area contributed by atoms with Crippen LogP contribution in [0.4, 0.5) is 0 Å². The Morgan fingerprint density at radius 2 is 1.85 bits per heavy atom. The van der Waals surface area contributed by atoms with Crippen molar-refractivity contribution in [3.8, 4) is 0 Å². The highest BCUT2D eigenvalue weighted by atomic mass is 16.5. The van der Waals surface area contributed by atoms with Gasteiger partial charge >= 0.3 is 5.97 Å². The first kappa shape index (κ1) is 23.6. The Labute approximate surface area is 163 Å². The van der Waals surface area contributed by atoms with Crippen molar-refractivity contribution in [1.29, 1.82) is 0 Å². The number of likely N-dealkylation sites (tertiary alicyclic amines) is 1. The normalized spacial score (nSPS) is 16.6. The Morgan fingerprint density at radius 3 is 2.33 bits per heavy atom. The molecule has 0 amide bonds. The molecule has 27 heavy (non-hydrogen) atoms. The molecule has 0 aliphatic carbocycles. The summed E-state index contributed by atoms with van der Waals surface area (Å²) in [6, 6.07) is 10.1. The zero-order valence-corrected chi connectivity index (χ0v) is 16.7. The van der Waals surface area contributed by atoms with E-state index in [0.29, 0.717) is 5.92 Å². The minimum absolute atomic E-state index is 0.170. The van der Waals surface area contributed by atoms with E-state index in [1.807, 2.05) is 0 Å². The number of aliphatic hydroxyl groups is 1. The molecule has 1 saturated heterocycles. The topological polar surface area (TPSA) is 96.0 Å². The number of ether oxygens (including phenoxy) is 1. The Hall–Kier alpha value is -1.47. The standard InChI is InChI=1S/C17H27NO.C4H9NO3/c1-15(2)10-13-19-17(14-18-11-6-7-12-18)16-8-4-3-5-9-16;5-3(2-6)1-4(7)8/h3-5,8-9,15,17H,6-7,10-14H2,1-2H3;3,6H,1-2,5H2,(H,7,8). The number of rotatable bonds is 10. The average Bonchev–Trinajstić information content (AvgIpc) is 3.14. The summed E-state index contributed by atoms with van der Waals surface area (Å²) < 4.78 is 6.16. The lowest BCUT2D eigenvalue weighted by atomic mass is 10.1.